The Morgan fingerprint density at radius 1 is 0.968 bits per heavy atom. The van der Waals surface area contributed by atoms with Gasteiger partial charge in [-0.25, -0.2) is 0 Å². The maximum Gasteiger partial charge on any atom is 0.313 e. The van der Waals surface area contributed by atoms with Crippen LogP contribution in [0.5, 0.6) is 0 Å². The molecule has 2 aromatic rings. The Labute approximate surface area is 184 Å². The molecule has 6 nitrogen and oxygen atoms in total. The van der Waals surface area contributed by atoms with Gasteiger partial charge < -0.3 is 15.5 Å². The second kappa shape index (κ2) is 9.10. The van der Waals surface area contributed by atoms with Crippen molar-refractivity contribution >= 4 is 23.2 Å². The molecule has 0 spiro atoms. The lowest BCUT2D eigenvalue weighted by Gasteiger charge is -2.28. The van der Waals surface area contributed by atoms with Gasteiger partial charge in [-0.05, 0) is 86.7 Å². The molecule has 1 atom stereocenters. The molecule has 2 amide bonds. The number of fused-ring (bicyclic) bond motifs is 1. The summed E-state index contributed by atoms with van der Waals surface area (Å²) < 4.78 is 0. The number of carbonyl (C=O) groups excluding carboxylic acids is 2. The molecule has 2 aliphatic heterocycles. The van der Waals surface area contributed by atoms with Gasteiger partial charge in [-0.1, -0.05) is 18.2 Å². The van der Waals surface area contributed by atoms with Gasteiger partial charge in [0, 0.05) is 31.5 Å². The number of anilines is 2. The average molecular weight is 421 g/mol. The summed E-state index contributed by atoms with van der Waals surface area (Å²) in [5, 5.41) is 5.61. The van der Waals surface area contributed by atoms with Crippen LogP contribution in [0.4, 0.5) is 11.4 Å². The van der Waals surface area contributed by atoms with Crippen LogP contribution in [0.25, 0.3) is 0 Å². The van der Waals surface area contributed by atoms with Gasteiger partial charge in [0.25, 0.3) is 0 Å². The highest BCUT2D eigenvalue weighted by molar-refractivity contribution is 6.39. The Balaban J connectivity index is 1.44. The molecule has 0 unspecified atom stereocenters. The minimum absolute atomic E-state index is 0.0803. The van der Waals surface area contributed by atoms with E-state index in [1.54, 1.807) is 0 Å². The Morgan fingerprint density at radius 2 is 1.68 bits per heavy atom. The van der Waals surface area contributed by atoms with Crippen molar-refractivity contribution in [2.45, 2.75) is 39.2 Å². The fourth-order valence-corrected chi connectivity index (χ4v) is 4.81. The molecule has 0 aromatic heterocycles. The standard InChI is InChI=1S/C25H32N4O2/c1-17-12-18(2)14-21(13-17)27-25(31)24(30)26-16-23(29-9-4-5-10-29)19-6-7-22-20(15-19)8-11-28(22)3/h6-7,12-15,23H,4-5,8-11,16H2,1-3H3,(H,26,30)(H,27,31)/t23-/m1/s1. The Morgan fingerprint density at radius 3 is 2.39 bits per heavy atom. The highest BCUT2D eigenvalue weighted by atomic mass is 16.2. The molecule has 0 bridgehead atoms. The van der Waals surface area contributed by atoms with E-state index in [1.807, 2.05) is 32.0 Å². The molecule has 4 rings (SSSR count). The van der Waals surface area contributed by atoms with E-state index < -0.39 is 11.8 Å². The van der Waals surface area contributed by atoms with Gasteiger partial charge in [-0.3, -0.25) is 14.5 Å². The summed E-state index contributed by atoms with van der Waals surface area (Å²) in [4.78, 5) is 29.7. The fraction of sp³-hybridized carbons (Fsp3) is 0.440. The van der Waals surface area contributed by atoms with Crippen molar-refractivity contribution in [3.8, 4) is 0 Å². The van der Waals surface area contributed by atoms with Crippen molar-refractivity contribution in [3.05, 3.63) is 58.7 Å². The molecule has 0 saturated carbocycles. The van der Waals surface area contributed by atoms with E-state index in [2.05, 4.69) is 45.7 Å². The summed E-state index contributed by atoms with van der Waals surface area (Å²) in [7, 11) is 2.12. The van der Waals surface area contributed by atoms with E-state index in [-0.39, 0.29) is 6.04 Å². The summed E-state index contributed by atoms with van der Waals surface area (Å²) in [6.07, 6.45) is 3.40. The second-order valence-electron chi connectivity index (χ2n) is 8.86. The van der Waals surface area contributed by atoms with Gasteiger partial charge in [-0.2, -0.15) is 0 Å². The predicted molar refractivity (Wildman–Crippen MR) is 125 cm³/mol. The largest absolute Gasteiger partial charge is 0.374 e. The van der Waals surface area contributed by atoms with E-state index >= 15 is 0 Å². The number of rotatable bonds is 5. The minimum atomic E-state index is -0.624. The normalized spacial score (nSPS) is 16.8. The average Bonchev–Trinajstić information content (AvgIpc) is 3.37. The zero-order chi connectivity index (χ0) is 22.0. The number of nitrogens with zero attached hydrogens (tertiary/aromatic N) is 2. The van der Waals surface area contributed by atoms with E-state index in [4.69, 9.17) is 0 Å². The van der Waals surface area contributed by atoms with Gasteiger partial charge in [0.1, 0.15) is 0 Å². The van der Waals surface area contributed by atoms with Crippen molar-refractivity contribution < 1.29 is 9.59 Å². The Kier molecular flexibility index (Phi) is 6.28. The molecule has 6 heteroatoms. The summed E-state index contributed by atoms with van der Waals surface area (Å²) in [6, 6.07) is 12.5. The first-order chi connectivity index (χ1) is 14.9. The van der Waals surface area contributed by atoms with Crippen molar-refractivity contribution in [2.75, 3.05) is 43.4 Å². The number of nitrogens with one attached hydrogen (secondary N) is 2. The lowest BCUT2D eigenvalue weighted by atomic mass is 10.0. The zero-order valence-electron chi connectivity index (χ0n) is 18.7. The molecule has 1 fully saturated rings. The molecule has 0 radical (unpaired) electrons. The van der Waals surface area contributed by atoms with Crippen molar-refractivity contribution in [3.63, 3.8) is 0 Å². The molecule has 164 valence electrons. The van der Waals surface area contributed by atoms with Gasteiger partial charge in [-0.15, -0.1) is 0 Å². The second-order valence-corrected chi connectivity index (χ2v) is 8.86. The molecular formula is C25H32N4O2. The van der Waals surface area contributed by atoms with Crippen LogP contribution in [0.3, 0.4) is 0 Å². The molecular weight excluding hydrogens is 388 g/mol. The monoisotopic (exact) mass is 420 g/mol. The third-order valence-electron chi connectivity index (χ3n) is 6.34. The molecule has 2 N–H and O–H groups in total. The van der Waals surface area contributed by atoms with Gasteiger partial charge >= 0.3 is 11.8 Å². The van der Waals surface area contributed by atoms with Crippen LogP contribution < -0.4 is 15.5 Å². The predicted octanol–water partition coefficient (Wildman–Crippen LogP) is 3.19. The number of amides is 2. The Bertz CT molecular complexity index is 961. The quantitative estimate of drug-likeness (QED) is 0.730. The number of likely N-dealkylation sites (N-methyl/N-ethyl adjacent to an activating group) is 1. The lowest BCUT2D eigenvalue weighted by Crippen LogP contribution is -2.41. The van der Waals surface area contributed by atoms with E-state index in [0.29, 0.717) is 12.2 Å². The summed E-state index contributed by atoms with van der Waals surface area (Å²) in [5.41, 5.74) is 6.62. The first kappa shape index (κ1) is 21.4. The number of carbonyl (C=O) groups is 2. The molecule has 2 heterocycles. The molecule has 0 aliphatic carbocycles. The van der Waals surface area contributed by atoms with Crippen LogP contribution >= 0.6 is 0 Å². The van der Waals surface area contributed by atoms with Crippen LogP contribution in [0, 0.1) is 13.8 Å². The van der Waals surface area contributed by atoms with Crippen molar-refractivity contribution in [1.82, 2.24) is 10.2 Å². The number of aryl methyl sites for hydroxylation is 2. The van der Waals surface area contributed by atoms with Gasteiger partial charge in [0.15, 0.2) is 0 Å². The van der Waals surface area contributed by atoms with Crippen LogP contribution in [-0.2, 0) is 16.0 Å². The molecule has 2 aliphatic rings. The van der Waals surface area contributed by atoms with Crippen LogP contribution in [0.15, 0.2) is 36.4 Å². The fourth-order valence-electron chi connectivity index (χ4n) is 4.81. The maximum atomic E-state index is 12.5. The topological polar surface area (TPSA) is 64.7 Å². The maximum absolute atomic E-state index is 12.5. The summed E-state index contributed by atoms with van der Waals surface area (Å²) in [5.74, 6) is -1.22. The van der Waals surface area contributed by atoms with Crippen molar-refractivity contribution in [2.24, 2.45) is 0 Å². The van der Waals surface area contributed by atoms with Gasteiger partial charge in [0.05, 0.1) is 6.04 Å². The Hall–Kier alpha value is -2.86. The van der Waals surface area contributed by atoms with Crippen LogP contribution in [0.1, 0.15) is 41.1 Å². The number of hydrogen-bond acceptors (Lipinski definition) is 4. The van der Waals surface area contributed by atoms with Crippen LogP contribution in [-0.4, -0.2) is 49.9 Å². The van der Waals surface area contributed by atoms with Gasteiger partial charge in [0.2, 0.25) is 0 Å². The minimum Gasteiger partial charge on any atom is -0.374 e. The van der Waals surface area contributed by atoms with E-state index in [0.717, 1.165) is 37.2 Å². The van der Waals surface area contributed by atoms with Crippen molar-refractivity contribution in [1.29, 1.82) is 0 Å². The first-order valence-electron chi connectivity index (χ1n) is 11.2. The highest BCUT2D eigenvalue weighted by Gasteiger charge is 2.27. The number of hydrogen-bond donors (Lipinski definition) is 2. The molecule has 1 saturated heterocycles. The number of likely N-dealkylation sites (tertiary alicyclic amines) is 1. The summed E-state index contributed by atoms with van der Waals surface area (Å²) >= 11 is 0. The lowest BCUT2D eigenvalue weighted by molar-refractivity contribution is -0.136. The first-order valence-corrected chi connectivity index (χ1v) is 11.2. The third kappa shape index (κ3) is 4.90. The molecule has 31 heavy (non-hydrogen) atoms. The summed E-state index contributed by atoms with van der Waals surface area (Å²) in [6.45, 7) is 7.45. The SMILES string of the molecule is Cc1cc(C)cc(NC(=O)C(=O)NC[C@H](c2ccc3c(c2)CCN3C)N2CCCC2)c1. The molecule has 2 aromatic carbocycles. The van der Waals surface area contributed by atoms with E-state index in [1.165, 1.54) is 29.7 Å². The van der Waals surface area contributed by atoms with E-state index in [9.17, 15) is 9.59 Å². The smallest absolute Gasteiger partial charge is 0.313 e. The number of benzene rings is 2. The third-order valence-corrected chi connectivity index (χ3v) is 6.34. The zero-order valence-corrected chi connectivity index (χ0v) is 18.7. The highest BCUT2D eigenvalue weighted by Crippen LogP contribution is 2.32. The van der Waals surface area contributed by atoms with Crippen LogP contribution in [0.2, 0.25) is 0 Å².